The average Bonchev–Trinajstić information content (AvgIpc) is 2.46. The third kappa shape index (κ3) is 2.08. The van der Waals surface area contributed by atoms with Crippen LogP contribution in [0.1, 0.15) is 37.4 Å². The minimum atomic E-state index is -0.0501. The lowest BCUT2D eigenvalue weighted by molar-refractivity contribution is 0.237. The molecule has 0 saturated carbocycles. The first kappa shape index (κ1) is 10.2. The van der Waals surface area contributed by atoms with E-state index in [0.717, 1.165) is 11.5 Å². The summed E-state index contributed by atoms with van der Waals surface area (Å²) in [4.78, 5) is 4.31. The second-order valence-electron chi connectivity index (χ2n) is 3.44. The quantitative estimate of drug-likeness (QED) is 0.727. The maximum absolute atomic E-state index is 8.98. The Morgan fingerprint density at radius 3 is 2.62 bits per heavy atom. The number of nitrogens with zero attached hydrogens (tertiary/aromatic N) is 2. The minimum absolute atomic E-state index is 0.0501. The van der Waals surface area contributed by atoms with Gasteiger partial charge in [-0.25, -0.2) is 4.98 Å². The molecule has 0 spiro atoms. The van der Waals surface area contributed by atoms with E-state index in [2.05, 4.69) is 4.98 Å². The largest absolute Gasteiger partial charge is 0.394 e. The van der Waals surface area contributed by atoms with Crippen LogP contribution < -0.4 is 5.73 Å². The molecule has 74 valence electrons. The maximum atomic E-state index is 8.98. The monoisotopic (exact) mass is 183 g/mol. The Bertz CT molecular complexity index is 280. The van der Waals surface area contributed by atoms with E-state index in [4.69, 9.17) is 10.8 Å². The van der Waals surface area contributed by atoms with E-state index in [0.29, 0.717) is 0 Å². The topological polar surface area (TPSA) is 64.1 Å². The second-order valence-corrected chi connectivity index (χ2v) is 3.44. The molecule has 1 aromatic heterocycles. The SMILES string of the molecule is Cc1nc([C@@H](C)N)cn1C(C)CO. The second kappa shape index (κ2) is 3.89. The summed E-state index contributed by atoms with van der Waals surface area (Å²) < 4.78 is 1.94. The predicted molar refractivity (Wildman–Crippen MR) is 51.4 cm³/mol. The van der Waals surface area contributed by atoms with E-state index in [1.807, 2.05) is 31.5 Å². The first-order chi connectivity index (χ1) is 6.06. The number of aromatic nitrogens is 2. The molecule has 4 heteroatoms. The highest BCUT2D eigenvalue weighted by atomic mass is 16.3. The van der Waals surface area contributed by atoms with Gasteiger partial charge in [0, 0.05) is 12.2 Å². The molecule has 1 heterocycles. The lowest BCUT2D eigenvalue weighted by Gasteiger charge is -2.10. The molecule has 0 aliphatic carbocycles. The first-order valence-electron chi connectivity index (χ1n) is 4.48. The zero-order valence-electron chi connectivity index (χ0n) is 8.36. The van der Waals surface area contributed by atoms with Gasteiger partial charge in [0.2, 0.25) is 0 Å². The van der Waals surface area contributed by atoms with Crippen LogP contribution in [0.5, 0.6) is 0 Å². The lowest BCUT2D eigenvalue weighted by atomic mass is 10.3. The van der Waals surface area contributed by atoms with E-state index in [9.17, 15) is 0 Å². The summed E-state index contributed by atoms with van der Waals surface area (Å²) in [7, 11) is 0. The molecule has 1 unspecified atom stereocenters. The Labute approximate surface area is 78.4 Å². The van der Waals surface area contributed by atoms with E-state index in [1.54, 1.807) is 0 Å². The standard InChI is InChI=1S/C9H17N3O/c1-6(5-13)12-4-9(7(2)10)11-8(12)3/h4,6-7,13H,5,10H2,1-3H3/t6?,7-/m1/s1. The van der Waals surface area contributed by atoms with Gasteiger partial charge in [-0.2, -0.15) is 0 Å². The molecule has 0 fully saturated rings. The van der Waals surface area contributed by atoms with Crippen molar-refractivity contribution >= 4 is 0 Å². The number of aliphatic hydroxyl groups is 1. The maximum Gasteiger partial charge on any atom is 0.106 e. The highest BCUT2D eigenvalue weighted by Crippen LogP contribution is 2.14. The molecule has 2 atom stereocenters. The summed E-state index contributed by atoms with van der Waals surface area (Å²) in [6, 6.07) is 0.0193. The van der Waals surface area contributed by atoms with Crippen molar-refractivity contribution in [2.45, 2.75) is 32.9 Å². The molecule has 13 heavy (non-hydrogen) atoms. The normalized spacial score (nSPS) is 15.8. The van der Waals surface area contributed by atoms with Crippen LogP contribution in [-0.4, -0.2) is 21.3 Å². The van der Waals surface area contributed by atoms with Gasteiger partial charge < -0.3 is 15.4 Å². The van der Waals surface area contributed by atoms with Crippen molar-refractivity contribution in [2.24, 2.45) is 5.73 Å². The van der Waals surface area contributed by atoms with Crippen molar-refractivity contribution in [3.8, 4) is 0 Å². The van der Waals surface area contributed by atoms with Crippen molar-refractivity contribution in [1.82, 2.24) is 9.55 Å². The minimum Gasteiger partial charge on any atom is -0.394 e. The molecular weight excluding hydrogens is 166 g/mol. The van der Waals surface area contributed by atoms with Crippen LogP contribution in [0.25, 0.3) is 0 Å². The summed E-state index contributed by atoms with van der Waals surface area (Å²) in [5.74, 6) is 0.897. The summed E-state index contributed by atoms with van der Waals surface area (Å²) in [6.07, 6.45) is 1.90. The zero-order chi connectivity index (χ0) is 10.0. The Balaban J connectivity index is 2.96. The highest BCUT2D eigenvalue weighted by molar-refractivity contribution is 5.07. The van der Waals surface area contributed by atoms with E-state index in [1.165, 1.54) is 0 Å². The lowest BCUT2D eigenvalue weighted by Crippen LogP contribution is -2.09. The molecule has 0 saturated heterocycles. The smallest absolute Gasteiger partial charge is 0.106 e. The van der Waals surface area contributed by atoms with Crippen LogP contribution in [0, 0.1) is 6.92 Å². The molecule has 0 amide bonds. The molecule has 1 aromatic rings. The zero-order valence-corrected chi connectivity index (χ0v) is 8.36. The number of rotatable bonds is 3. The van der Waals surface area contributed by atoms with Gasteiger partial charge in [0.05, 0.1) is 18.3 Å². The van der Waals surface area contributed by atoms with E-state index >= 15 is 0 Å². The Morgan fingerprint density at radius 1 is 1.62 bits per heavy atom. The summed E-state index contributed by atoms with van der Waals surface area (Å²) >= 11 is 0. The van der Waals surface area contributed by atoms with Gasteiger partial charge in [-0.15, -0.1) is 0 Å². The van der Waals surface area contributed by atoms with Gasteiger partial charge in [0.15, 0.2) is 0 Å². The molecule has 0 aliphatic heterocycles. The van der Waals surface area contributed by atoms with Crippen molar-refractivity contribution < 1.29 is 5.11 Å². The molecule has 0 aromatic carbocycles. The summed E-state index contributed by atoms with van der Waals surface area (Å²) in [5, 5.41) is 8.98. The van der Waals surface area contributed by atoms with Gasteiger partial charge in [-0.3, -0.25) is 0 Å². The number of hydrogen-bond acceptors (Lipinski definition) is 3. The summed E-state index contributed by atoms with van der Waals surface area (Å²) in [6.45, 7) is 5.88. The number of nitrogens with two attached hydrogens (primary N) is 1. The fourth-order valence-corrected chi connectivity index (χ4v) is 1.26. The average molecular weight is 183 g/mol. The number of aryl methyl sites for hydroxylation is 1. The number of hydrogen-bond donors (Lipinski definition) is 2. The van der Waals surface area contributed by atoms with Crippen LogP contribution in [0.2, 0.25) is 0 Å². The van der Waals surface area contributed by atoms with Crippen molar-refractivity contribution in [1.29, 1.82) is 0 Å². The van der Waals surface area contributed by atoms with Crippen LogP contribution in [0.4, 0.5) is 0 Å². The predicted octanol–water partition coefficient (Wildman–Crippen LogP) is 0.765. The number of imidazole rings is 1. The molecule has 1 rings (SSSR count). The molecule has 4 nitrogen and oxygen atoms in total. The van der Waals surface area contributed by atoms with Crippen LogP contribution in [0.3, 0.4) is 0 Å². The van der Waals surface area contributed by atoms with Gasteiger partial charge in [0.1, 0.15) is 5.82 Å². The Morgan fingerprint density at radius 2 is 2.23 bits per heavy atom. The van der Waals surface area contributed by atoms with Crippen molar-refractivity contribution in [3.05, 3.63) is 17.7 Å². The van der Waals surface area contributed by atoms with E-state index in [-0.39, 0.29) is 18.7 Å². The molecule has 0 radical (unpaired) electrons. The van der Waals surface area contributed by atoms with Gasteiger partial charge >= 0.3 is 0 Å². The van der Waals surface area contributed by atoms with Crippen molar-refractivity contribution in [3.63, 3.8) is 0 Å². The van der Waals surface area contributed by atoms with Crippen molar-refractivity contribution in [2.75, 3.05) is 6.61 Å². The Hall–Kier alpha value is -0.870. The molecule has 3 N–H and O–H groups in total. The van der Waals surface area contributed by atoms with E-state index < -0.39 is 0 Å². The Kier molecular flexibility index (Phi) is 3.06. The molecule has 0 bridgehead atoms. The first-order valence-corrected chi connectivity index (χ1v) is 4.48. The van der Waals surface area contributed by atoms with Crippen LogP contribution >= 0.6 is 0 Å². The molecular formula is C9H17N3O. The van der Waals surface area contributed by atoms with Gasteiger partial charge in [0.25, 0.3) is 0 Å². The van der Waals surface area contributed by atoms with Gasteiger partial charge in [-0.1, -0.05) is 0 Å². The van der Waals surface area contributed by atoms with Gasteiger partial charge in [-0.05, 0) is 20.8 Å². The fraction of sp³-hybridized carbons (Fsp3) is 0.667. The highest BCUT2D eigenvalue weighted by Gasteiger charge is 2.11. The number of aliphatic hydroxyl groups excluding tert-OH is 1. The van der Waals surface area contributed by atoms with Crippen LogP contribution in [-0.2, 0) is 0 Å². The third-order valence-corrected chi connectivity index (χ3v) is 2.14. The molecule has 0 aliphatic rings. The summed E-state index contributed by atoms with van der Waals surface area (Å²) in [5.41, 5.74) is 6.57. The fourth-order valence-electron chi connectivity index (χ4n) is 1.26. The van der Waals surface area contributed by atoms with Crippen LogP contribution in [0.15, 0.2) is 6.20 Å². The third-order valence-electron chi connectivity index (χ3n) is 2.14.